The molecule has 1 aromatic heterocycles. The lowest BCUT2D eigenvalue weighted by atomic mass is 10.0. The Kier molecular flexibility index (Phi) is 4.12. The third-order valence-electron chi connectivity index (χ3n) is 3.58. The molecule has 1 heteroatoms. The molecular formula is C18H21N. The number of rotatable bonds is 4. The summed E-state index contributed by atoms with van der Waals surface area (Å²) in [6.07, 6.45) is 5.61. The predicted octanol–water partition coefficient (Wildman–Crippen LogP) is 4.40. The third kappa shape index (κ3) is 2.90. The molecule has 98 valence electrons. The summed E-state index contributed by atoms with van der Waals surface area (Å²) in [5.74, 6) is 3.74. The van der Waals surface area contributed by atoms with E-state index in [1.807, 2.05) is 6.07 Å². The Hall–Kier alpha value is -1.94. The van der Waals surface area contributed by atoms with Gasteiger partial charge in [-0.3, -0.25) is 0 Å². The summed E-state index contributed by atoms with van der Waals surface area (Å²) in [5, 5.41) is 0. The molecule has 0 aliphatic heterocycles. The quantitative estimate of drug-likeness (QED) is 0.710. The van der Waals surface area contributed by atoms with E-state index in [2.05, 4.69) is 67.7 Å². The highest BCUT2D eigenvalue weighted by Gasteiger charge is 2.13. The number of terminal acetylenes is 1. The van der Waals surface area contributed by atoms with Crippen LogP contribution >= 0.6 is 0 Å². The number of aromatic nitrogens is 1. The fourth-order valence-corrected chi connectivity index (χ4v) is 2.48. The van der Waals surface area contributed by atoms with Gasteiger partial charge in [0, 0.05) is 12.2 Å². The van der Waals surface area contributed by atoms with E-state index in [1.54, 1.807) is 0 Å². The topological polar surface area (TPSA) is 4.93 Å². The van der Waals surface area contributed by atoms with Crippen LogP contribution in [0, 0.1) is 12.3 Å². The van der Waals surface area contributed by atoms with Crippen LogP contribution in [0.15, 0.2) is 42.5 Å². The lowest BCUT2D eigenvalue weighted by Crippen LogP contribution is -2.11. The van der Waals surface area contributed by atoms with E-state index in [-0.39, 0.29) is 0 Å². The van der Waals surface area contributed by atoms with Crippen molar-refractivity contribution in [2.75, 3.05) is 0 Å². The monoisotopic (exact) mass is 251 g/mol. The van der Waals surface area contributed by atoms with Gasteiger partial charge in [0.2, 0.25) is 0 Å². The molecule has 2 rings (SSSR count). The van der Waals surface area contributed by atoms with E-state index in [1.165, 1.54) is 11.3 Å². The van der Waals surface area contributed by atoms with Gasteiger partial charge in [0.1, 0.15) is 0 Å². The number of nitrogens with zero attached hydrogens (tertiary/aromatic N) is 1. The van der Waals surface area contributed by atoms with E-state index in [9.17, 15) is 0 Å². The summed E-state index contributed by atoms with van der Waals surface area (Å²) in [6.45, 7) is 7.60. The molecule has 19 heavy (non-hydrogen) atoms. The molecule has 1 nitrogen and oxygen atoms in total. The summed E-state index contributed by atoms with van der Waals surface area (Å²) in [4.78, 5) is 0. The van der Waals surface area contributed by atoms with Crippen molar-refractivity contribution >= 4 is 0 Å². The van der Waals surface area contributed by atoms with Crippen molar-refractivity contribution < 1.29 is 0 Å². The first-order chi connectivity index (χ1) is 9.13. The van der Waals surface area contributed by atoms with E-state index in [0.29, 0.717) is 11.8 Å². The molecule has 0 saturated carbocycles. The SMILES string of the molecule is C#Cc1ccc(C(C)C)n1C[C@@H](C)c1ccccc1. The first kappa shape index (κ1) is 13.5. The molecule has 1 atom stereocenters. The number of hydrogen-bond acceptors (Lipinski definition) is 0. The minimum atomic E-state index is 0.457. The molecule has 0 N–H and O–H groups in total. The van der Waals surface area contributed by atoms with Crippen molar-refractivity contribution in [2.45, 2.75) is 39.2 Å². The highest BCUT2D eigenvalue weighted by molar-refractivity contribution is 5.32. The average molecular weight is 251 g/mol. The van der Waals surface area contributed by atoms with Gasteiger partial charge in [-0.2, -0.15) is 0 Å². The molecule has 0 radical (unpaired) electrons. The summed E-state index contributed by atoms with van der Waals surface area (Å²) in [5.41, 5.74) is 3.65. The van der Waals surface area contributed by atoms with Gasteiger partial charge >= 0.3 is 0 Å². The molecule has 1 aromatic carbocycles. The maximum atomic E-state index is 5.61. The number of benzene rings is 1. The fraction of sp³-hybridized carbons (Fsp3) is 0.333. The van der Waals surface area contributed by atoms with Gasteiger partial charge in [-0.1, -0.05) is 57.0 Å². The summed E-state index contributed by atoms with van der Waals surface area (Å²) in [6, 6.07) is 14.8. The molecule has 0 bridgehead atoms. The zero-order valence-electron chi connectivity index (χ0n) is 11.9. The summed E-state index contributed by atoms with van der Waals surface area (Å²) >= 11 is 0. The molecule has 0 spiro atoms. The first-order valence-electron chi connectivity index (χ1n) is 6.84. The Morgan fingerprint density at radius 3 is 2.32 bits per heavy atom. The second-order valence-corrected chi connectivity index (χ2v) is 5.36. The van der Waals surface area contributed by atoms with Gasteiger partial charge in [-0.05, 0) is 29.5 Å². The van der Waals surface area contributed by atoms with Crippen molar-refractivity contribution in [2.24, 2.45) is 0 Å². The molecule has 0 unspecified atom stereocenters. The fourth-order valence-electron chi connectivity index (χ4n) is 2.48. The van der Waals surface area contributed by atoms with E-state index < -0.39 is 0 Å². The average Bonchev–Trinajstić information content (AvgIpc) is 2.82. The van der Waals surface area contributed by atoms with Crippen LogP contribution in [0.25, 0.3) is 0 Å². The Morgan fingerprint density at radius 2 is 1.74 bits per heavy atom. The van der Waals surface area contributed by atoms with Crippen LogP contribution in [0.3, 0.4) is 0 Å². The normalized spacial score (nSPS) is 12.4. The van der Waals surface area contributed by atoms with Gasteiger partial charge in [0.25, 0.3) is 0 Å². The van der Waals surface area contributed by atoms with Gasteiger partial charge in [-0.15, -0.1) is 6.42 Å². The highest BCUT2D eigenvalue weighted by Crippen LogP contribution is 2.23. The van der Waals surface area contributed by atoms with E-state index in [4.69, 9.17) is 6.42 Å². The molecular weight excluding hydrogens is 230 g/mol. The van der Waals surface area contributed by atoms with Crippen LogP contribution in [0.4, 0.5) is 0 Å². The second kappa shape index (κ2) is 5.80. The van der Waals surface area contributed by atoms with Crippen molar-refractivity contribution in [1.82, 2.24) is 4.57 Å². The Morgan fingerprint density at radius 1 is 1.05 bits per heavy atom. The van der Waals surface area contributed by atoms with Crippen LogP contribution in [-0.2, 0) is 6.54 Å². The maximum Gasteiger partial charge on any atom is 0.0919 e. The molecule has 0 fully saturated rings. The maximum absolute atomic E-state index is 5.61. The van der Waals surface area contributed by atoms with Crippen LogP contribution in [0.5, 0.6) is 0 Å². The zero-order chi connectivity index (χ0) is 13.8. The summed E-state index contributed by atoms with van der Waals surface area (Å²) in [7, 11) is 0. The minimum Gasteiger partial charge on any atom is -0.337 e. The lowest BCUT2D eigenvalue weighted by Gasteiger charge is -2.18. The predicted molar refractivity (Wildman–Crippen MR) is 81.3 cm³/mol. The van der Waals surface area contributed by atoms with Crippen molar-refractivity contribution in [1.29, 1.82) is 0 Å². The van der Waals surface area contributed by atoms with Gasteiger partial charge in [0.05, 0.1) is 5.69 Å². The van der Waals surface area contributed by atoms with E-state index in [0.717, 1.165) is 12.2 Å². The van der Waals surface area contributed by atoms with Crippen molar-refractivity contribution in [3.63, 3.8) is 0 Å². The van der Waals surface area contributed by atoms with Crippen LogP contribution in [0.2, 0.25) is 0 Å². The van der Waals surface area contributed by atoms with Crippen LogP contribution in [0.1, 0.15) is 49.6 Å². The zero-order valence-corrected chi connectivity index (χ0v) is 11.9. The van der Waals surface area contributed by atoms with E-state index >= 15 is 0 Å². The van der Waals surface area contributed by atoms with Crippen molar-refractivity contribution in [3.05, 3.63) is 59.4 Å². The first-order valence-corrected chi connectivity index (χ1v) is 6.84. The molecule has 0 saturated heterocycles. The summed E-state index contributed by atoms with van der Waals surface area (Å²) < 4.78 is 2.28. The van der Waals surface area contributed by atoms with Crippen LogP contribution < -0.4 is 0 Å². The standard InChI is InChI=1S/C18H21N/c1-5-17-11-12-18(14(2)3)19(17)13-15(4)16-9-7-6-8-10-16/h1,6-12,14-15H,13H2,2-4H3/t15-/m1/s1. The Bertz CT molecular complexity index is 569. The van der Waals surface area contributed by atoms with Gasteiger partial charge < -0.3 is 4.57 Å². The van der Waals surface area contributed by atoms with Crippen LogP contribution in [-0.4, -0.2) is 4.57 Å². The Labute approximate surface area is 116 Å². The molecule has 0 aliphatic rings. The smallest absolute Gasteiger partial charge is 0.0919 e. The minimum absolute atomic E-state index is 0.457. The van der Waals surface area contributed by atoms with Gasteiger partial charge in [-0.25, -0.2) is 0 Å². The molecule has 2 aromatic rings. The number of hydrogen-bond donors (Lipinski definition) is 0. The highest BCUT2D eigenvalue weighted by atomic mass is 15.0. The van der Waals surface area contributed by atoms with Gasteiger partial charge in [0.15, 0.2) is 0 Å². The second-order valence-electron chi connectivity index (χ2n) is 5.36. The molecule has 0 aliphatic carbocycles. The third-order valence-corrected chi connectivity index (χ3v) is 3.58. The van der Waals surface area contributed by atoms with Crippen molar-refractivity contribution in [3.8, 4) is 12.3 Å². The molecule has 1 heterocycles. The Balaban J connectivity index is 2.28. The largest absolute Gasteiger partial charge is 0.337 e. The molecule has 0 amide bonds. The lowest BCUT2D eigenvalue weighted by molar-refractivity contribution is 0.562.